The van der Waals surface area contributed by atoms with E-state index in [0.717, 1.165) is 10.3 Å². The van der Waals surface area contributed by atoms with Crippen LogP contribution in [0.4, 0.5) is 6.01 Å². The first-order chi connectivity index (χ1) is 18.7. The zero-order valence-corrected chi connectivity index (χ0v) is 21.0. The second-order valence-electron chi connectivity index (χ2n) is 8.49. The lowest BCUT2D eigenvalue weighted by atomic mass is 10.0. The van der Waals surface area contributed by atoms with E-state index in [0.29, 0.717) is 16.5 Å². The number of carbonyl (C=O) groups excluding carboxylic acids is 3. The van der Waals surface area contributed by atoms with Gasteiger partial charge in [-0.15, -0.1) is 11.8 Å². The van der Waals surface area contributed by atoms with Gasteiger partial charge in [0.05, 0.1) is 0 Å². The van der Waals surface area contributed by atoms with Crippen LogP contribution < -0.4 is 21.4 Å². The Bertz CT molecular complexity index is 1600. The smallest absolute Gasteiger partial charge is 0.352 e. The number of aliphatic carboxylic acids is 1. The van der Waals surface area contributed by atoms with E-state index < -0.39 is 35.1 Å². The number of hydrogen-bond acceptors (Lipinski definition) is 11. The number of nitrogens with one attached hydrogen (secondary N) is 1. The van der Waals surface area contributed by atoms with E-state index in [1.54, 1.807) is 35.2 Å². The van der Waals surface area contributed by atoms with Crippen molar-refractivity contribution in [1.82, 2.24) is 20.4 Å². The van der Waals surface area contributed by atoms with E-state index in [1.807, 2.05) is 6.07 Å². The highest BCUT2D eigenvalue weighted by molar-refractivity contribution is 8.00. The minimum Gasteiger partial charge on any atom is -0.477 e. The normalized spacial score (nSPS) is 18.9. The van der Waals surface area contributed by atoms with Crippen molar-refractivity contribution in [3.05, 3.63) is 59.3 Å². The molecule has 1 aromatic carbocycles. The largest absolute Gasteiger partial charge is 0.477 e. The molecule has 39 heavy (non-hydrogen) atoms. The van der Waals surface area contributed by atoms with Gasteiger partial charge in [0.2, 0.25) is 17.4 Å². The Labute approximate surface area is 223 Å². The third kappa shape index (κ3) is 4.61. The first kappa shape index (κ1) is 25.7. The number of thioether (sulfide) groups is 1. The Balaban J connectivity index is 1.37. The molecule has 2 aliphatic heterocycles. The lowest BCUT2D eigenvalue weighted by Gasteiger charge is -2.49. The van der Waals surface area contributed by atoms with Crippen molar-refractivity contribution in [2.45, 2.75) is 18.0 Å². The summed E-state index contributed by atoms with van der Waals surface area (Å²) in [7, 11) is 1.21. The fourth-order valence-corrected chi connectivity index (χ4v) is 5.76. The number of nitrogen functional groups attached to an aromatic ring is 1. The molecule has 16 heteroatoms. The first-order valence-corrected chi connectivity index (χ1v) is 12.4. The molecule has 1 unspecified atom stereocenters. The summed E-state index contributed by atoms with van der Waals surface area (Å²) < 4.78 is 6.43. The molecule has 0 spiro atoms. The number of hydrogen-bond donors (Lipinski definition) is 4. The Morgan fingerprint density at radius 2 is 2.15 bits per heavy atom. The molecule has 0 saturated carbocycles. The quantitative estimate of drug-likeness (QED) is 0.114. The number of carboxylic acids is 1. The Morgan fingerprint density at radius 3 is 2.82 bits per heavy atom. The van der Waals surface area contributed by atoms with Gasteiger partial charge >= 0.3 is 12.0 Å². The van der Waals surface area contributed by atoms with Crippen LogP contribution in [0.3, 0.4) is 0 Å². The molecule has 6 N–H and O–H groups in total. The van der Waals surface area contributed by atoms with Crippen molar-refractivity contribution in [2.75, 3.05) is 18.6 Å². The fourth-order valence-electron chi connectivity index (χ4n) is 4.43. The molecule has 0 radical (unpaired) electrons. The second-order valence-corrected chi connectivity index (χ2v) is 9.59. The number of carboxylic acid groups (broad SMARTS) is 1. The molecule has 2 aliphatic rings. The number of rotatable bonds is 8. The molecule has 5 rings (SSSR count). The number of pyridine rings is 1. The number of aromatic nitrogens is 3. The highest BCUT2D eigenvalue weighted by Crippen LogP contribution is 2.40. The van der Waals surface area contributed by atoms with Gasteiger partial charge in [0.25, 0.3) is 11.8 Å². The minimum atomic E-state index is -1.27. The number of oxime groups is 1. The van der Waals surface area contributed by atoms with Gasteiger partial charge in [-0.25, -0.2) is 9.36 Å². The molecule has 200 valence electrons. The maximum atomic E-state index is 13.1. The fraction of sp³-hybridized carbons (Fsp3) is 0.217. The molecule has 2 aromatic heterocycles. The lowest BCUT2D eigenvalue weighted by Crippen LogP contribution is -2.71. The summed E-state index contributed by atoms with van der Waals surface area (Å²) in [5, 5.41) is 20.4. The van der Waals surface area contributed by atoms with Crippen molar-refractivity contribution >= 4 is 58.0 Å². The number of nitrogens with two attached hydrogens (primary N) is 2. The second kappa shape index (κ2) is 10.1. The summed E-state index contributed by atoms with van der Waals surface area (Å²) in [5.74, 6) is -3.21. The number of nitrogens with zero attached hydrogens (tertiary/aromatic N) is 5. The van der Waals surface area contributed by atoms with Gasteiger partial charge in [-0.2, -0.15) is 4.98 Å². The summed E-state index contributed by atoms with van der Waals surface area (Å²) >= 11 is 1.30. The third-order valence-electron chi connectivity index (χ3n) is 6.10. The number of carbonyl (C=O) groups is 4. The number of fused-ring (bicyclic) bond motifs is 2. The number of anilines is 1. The monoisotopic (exact) mass is 553 g/mol. The number of benzene rings is 1. The first-order valence-electron chi connectivity index (χ1n) is 11.3. The number of amides is 3. The molecule has 0 bridgehead atoms. The maximum Gasteiger partial charge on any atom is 0.352 e. The van der Waals surface area contributed by atoms with E-state index in [1.165, 1.54) is 18.9 Å². The van der Waals surface area contributed by atoms with E-state index in [9.17, 15) is 24.3 Å². The summed E-state index contributed by atoms with van der Waals surface area (Å²) in [4.78, 5) is 59.4. The van der Waals surface area contributed by atoms with Crippen LogP contribution in [0.25, 0.3) is 10.8 Å². The summed E-state index contributed by atoms with van der Waals surface area (Å²) in [6.45, 7) is 0.183. The highest BCUT2D eigenvalue weighted by Gasteiger charge is 2.55. The molecule has 1 fully saturated rings. The standard InChI is InChI=1S/C23H20N8O7S/c1-37-28-14(18-27-23(25)38-29-18)19(33)26-15-20(34)31-16(22(35)36)11(9-39-21(15)31)8-30-6-5-12-10(7-30)3-2-4-13(12)17(24)32/h2-7,15,21H,8-9H2,1H3,(H5-,24,25,26,27,29,32,33,35,36)/p+1/t15?,21-/m0/s1. The molecule has 15 nitrogen and oxygen atoms in total. The van der Waals surface area contributed by atoms with Gasteiger partial charge < -0.3 is 31.3 Å². The Morgan fingerprint density at radius 1 is 1.36 bits per heavy atom. The predicted molar refractivity (Wildman–Crippen MR) is 135 cm³/mol. The van der Waals surface area contributed by atoms with Crippen LogP contribution in [0, 0.1) is 0 Å². The van der Waals surface area contributed by atoms with Crippen LogP contribution in [0.15, 0.2) is 57.6 Å². The molecule has 0 aliphatic carbocycles. The molecule has 1 saturated heterocycles. The molecule has 3 amide bonds. The van der Waals surface area contributed by atoms with E-state index >= 15 is 0 Å². The van der Waals surface area contributed by atoms with Crippen molar-refractivity contribution in [3.8, 4) is 0 Å². The third-order valence-corrected chi connectivity index (χ3v) is 7.44. The van der Waals surface area contributed by atoms with E-state index in [4.69, 9.17) is 11.5 Å². The van der Waals surface area contributed by atoms with Crippen molar-refractivity contribution in [1.29, 1.82) is 0 Å². The average Bonchev–Trinajstić information content (AvgIpc) is 3.34. The van der Waals surface area contributed by atoms with Crippen LogP contribution in [0.1, 0.15) is 16.2 Å². The molecule has 3 aromatic rings. The van der Waals surface area contributed by atoms with Crippen LogP contribution in [0.2, 0.25) is 0 Å². The topological polar surface area (TPSA) is 220 Å². The summed E-state index contributed by atoms with van der Waals surface area (Å²) in [6, 6.07) is 5.56. The van der Waals surface area contributed by atoms with Crippen LogP contribution in [-0.4, -0.2) is 73.8 Å². The average molecular weight is 554 g/mol. The van der Waals surface area contributed by atoms with Gasteiger partial charge in [-0.3, -0.25) is 19.3 Å². The van der Waals surface area contributed by atoms with E-state index in [-0.39, 0.29) is 35.5 Å². The van der Waals surface area contributed by atoms with E-state index in [2.05, 4.69) is 30.0 Å². The minimum absolute atomic E-state index is 0.149. The van der Waals surface area contributed by atoms with Gasteiger partial charge in [0.15, 0.2) is 18.9 Å². The van der Waals surface area contributed by atoms with Crippen LogP contribution in [0.5, 0.6) is 0 Å². The predicted octanol–water partition coefficient (Wildman–Crippen LogP) is -1.02. The van der Waals surface area contributed by atoms with Crippen molar-refractivity contribution in [3.63, 3.8) is 0 Å². The Hall–Kier alpha value is -4.99. The zero-order valence-electron chi connectivity index (χ0n) is 20.2. The molecule has 4 heterocycles. The summed E-state index contributed by atoms with van der Waals surface area (Å²) in [5.41, 5.74) is 11.2. The van der Waals surface area contributed by atoms with Crippen molar-refractivity contribution in [2.24, 2.45) is 10.9 Å². The van der Waals surface area contributed by atoms with Crippen LogP contribution >= 0.6 is 11.8 Å². The van der Waals surface area contributed by atoms with Gasteiger partial charge in [-0.1, -0.05) is 16.4 Å². The number of β-lactam (4-membered cyclic amide) rings is 1. The number of primary amides is 1. The molecular weight excluding hydrogens is 532 g/mol. The molecular formula is C23H21N8O7S+. The van der Waals surface area contributed by atoms with Crippen LogP contribution in [-0.2, 0) is 25.8 Å². The highest BCUT2D eigenvalue weighted by atomic mass is 32.2. The van der Waals surface area contributed by atoms with Gasteiger partial charge in [0, 0.05) is 33.7 Å². The zero-order chi connectivity index (χ0) is 27.8. The molecule has 2 atom stereocenters. The van der Waals surface area contributed by atoms with Crippen molar-refractivity contribution < 1.29 is 38.2 Å². The van der Waals surface area contributed by atoms with Gasteiger partial charge in [-0.05, 0) is 12.1 Å². The lowest BCUT2D eigenvalue weighted by molar-refractivity contribution is -0.687. The Kier molecular flexibility index (Phi) is 6.61. The summed E-state index contributed by atoms with van der Waals surface area (Å²) in [6.07, 6.45) is 3.48. The maximum absolute atomic E-state index is 13.1. The van der Waals surface area contributed by atoms with Gasteiger partial charge in [0.1, 0.15) is 24.2 Å². The SMILES string of the molecule is CON=C(C(=O)NC1C(=O)N2C(C(=O)O)=C(C[n+]3ccc4c(C(N)=O)cccc4c3)CS[C@@H]12)c1noc(N)n1.